The minimum atomic E-state index is -0.522. The summed E-state index contributed by atoms with van der Waals surface area (Å²) in [4.78, 5) is 28.4. The fraction of sp³-hybridized carbons (Fsp3) is 0.526. The van der Waals surface area contributed by atoms with E-state index in [-0.39, 0.29) is 17.9 Å². The molecule has 1 aliphatic rings. The molecule has 0 spiro atoms. The number of hydrogen-bond donors (Lipinski definition) is 1. The zero-order valence-corrected chi connectivity index (χ0v) is 16.7. The van der Waals surface area contributed by atoms with Crippen LogP contribution in [0.15, 0.2) is 16.7 Å². The van der Waals surface area contributed by atoms with E-state index in [2.05, 4.69) is 10.5 Å². The predicted octanol–water partition coefficient (Wildman–Crippen LogP) is 4.31. The molecule has 3 heterocycles. The average molecular weight is 375 g/mol. The Morgan fingerprint density at radius 3 is 2.65 bits per heavy atom. The van der Waals surface area contributed by atoms with E-state index in [1.165, 1.54) is 11.3 Å². The first-order valence-corrected chi connectivity index (χ1v) is 9.64. The van der Waals surface area contributed by atoms with Gasteiger partial charge in [-0.25, -0.2) is 0 Å². The first kappa shape index (κ1) is 18.6. The van der Waals surface area contributed by atoms with E-state index in [4.69, 9.17) is 4.52 Å². The highest BCUT2D eigenvalue weighted by Gasteiger charge is 2.35. The Bertz CT molecular complexity index is 831. The molecule has 7 heteroatoms. The zero-order valence-electron chi connectivity index (χ0n) is 15.9. The number of carbonyl (C=O) groups excluding carboxylic acids is 2. The average Bonchev–Trinajstić information content (AvgIpc) is 3.25. The van der Waals surface area contributed by atoms with Crippen molar-refractivity contribution in [2.45, 2.75) is 53.5 Å². The van der Waals surface area contributed by atoms with Gasteiger partial charge in [-0.2, -0.15) is 0 Å². The lowest BCUT2D eigenvalue weighted by Crippen LogP contribution is -2.32. The van der Waals surface area contributed by atoms with E-state index in [1.807, 2.05) is 51.7 Å². The lowest BCUT2D eigenvalue weighted by atomic mass is 9.96. The molecule has 2 amide bonds. The number of aryl methyl sites for hydroxylation is 2. The molecule has 0 bridgehead atoms. The molecular weight excluding hydrogens is 350 g/mol. The number of nitrogens with zero attached hydrogens (tertiary/aromatic N) is 2. The van der Waals surface area contributed by atoms with Crippen LogP contribution in [0.25, 0.3) is 0 Å². The van der Waals surface area contributed by atoms with E-state index < -0.39 is 5.41 Å². The second kappa shape index (κ2) is 6.87. The highest BCUT2D eigenvalue weighted by molar-refractivity contribution is 7.16. The molecule has 1 saturated heterocycles. The summed E-state index contributed by atoms with van der Waals surface area (Å²) in [5.41, 5.74) is 0.836. The molecule has 0 aromatic carbocycles. The van der Waals surface area contributed by atoms with Crippen molar-refractivity contribution >= 4 is 28.2 Å². The van der Waals surface area contributed by atoms with E-state index in [9.17, 15) is 9.59 Å². The summed E-state index contributed by atoms with van der Waals surface area (Å²) in [5, 5.41) is 7.50. The normalized spacial score (nSPS) is 17.6. The van der Waals surface area contributed by atoms with Gasteiger partial charge in [-0.3, -0.25) is 9.59 Å². The molecule has 0 radical (unpaired) electrons. The topological polar surface area (TPSA) is 75.4 Å². The van der Waals surface area contributed by atoms with E-state index in [0.717, 1.165) is 29.2 Å². The largest absolute Gasteiger partial charge is 0.359 e. The van der Waals surface area contributed by atoms with Crippen LogP contribution in [0.2, 0.25) is 0 Å². The van der Waals surface area contributed by atoms with Gasteiger partial charge in [-0.05, 0) is 32.8 Å². The number of likely N-dealkylation sites (tertiary alicyclic amines) is 1. The van der Waals surface area contributed by atoms with Crippen molar-refractivity contribution in [3.63, 3.8) is 0 Å². The van der Waals surface area contributed by atoms with Gasteiger partial charge in [0, 0.05) is 22.9 Å². The third kappa shape index (κ3) is 3.67. The molecule has 1 aliphatic heterocycles. The number of carbonyl (C=O) groups is 2. The summed E-state index contributed by atoms with van der Waals surface area (Å²) in [6.07, 6.45) is 1.77. The van der Waals surface area contributed by atoms with Gasteiger partial charge in [0.2, 0.25) is 5.91 Å². The van der Waals surface area contributed by atoms with Crippen molar-refractivity contribution in [3.05, 3.63) is 34.0 Å². The minimum Gasteiger partial charge on any atom is -0.359 e. The van der Waals surface area contributed by atoms with Gasteiger partial charge in [0.1, 0.15) is 5.00 Å². The smallest absolute Gasteiger partial charge is 0.257 e. The van der Waals surface area contributed by atoms with Crippen molar-refractivity contribution in [1.29, 1.82) is 0 Å². The monoisotopic (exact) mass is 375 g/mol. The van der Waals surface area contributed by atoms with Crippen LogP contribution in [0.3, 0.4) is 0 Å². The van der Waals surface area contributed by atoms with Gasteiger partial charge in [-0.15, -0.1) is 11.3 Å². The molecule has 2 aromatic rings. The van der Waals surface area contributed by atoms with Gasteiger partial charge in [-0.1, -0.05) is 25.9 Å². The Kier molecular flexibility index (Phi) is 4.92. The molecule has 6 nitrogen and oxygen atoms in total. The van der Waals surface area contributed by atoms with E-state index >= 15 is 0 Å². The van der Waals surface area contributed by atoms with Crippen LogP contribution in [0.5, 0.6) is 0 Å². The van der Waals surface area contributed by atoms with Crippen molar-refractivity contribution in [3.8, 4) is 0 Å². The minimum absolute atomic E-state index is 0.0740. The summed E-state index contributed by atoms with van der Waals surface area (Å²) in [6.45, 7) is 10.0. The number of thiophene rings is 1. The summed E-state index contributed by atoms with van der Waals surface area (Å²) in [6, 6.07) is 3.64. The highest BCUT2D eigenvalue weighted by atomic mass is 32.1. The van der Waals surface area contributed by atoms with Crippen LogP contribution >= 0.6 is 11.3 Å². The zero-order chi connectivity index (χ0) is 19.1. The maximum atomic E-state index is 13.2. The SMILES string of the molecule is Cc1cc(C2CCCN2C(=O)c2cc(C)sc2NC(=O)C(C)(C)C)on1. The van der Waals surface area contributed by atoms with E-state index in [0.29, 0.717) is 17.1 Å². The Labute approximate surface area is 157 Å². The molecule has 1 unspecified atom stereocenters. The Hall–Kier alpha value is -2.15. The third-order valence-electron chi connectivity index (χ3n) is 4.48. The van der Waals surface area contributed by atoms with Gasteiger partial charge in [0.25, 0.3) is 5.91 Å². The second-order valence-electron chi connectivity index (χ2n) is 7.83. The van der Waals surface area contributed by atoms with Gasteiger partial charge < -0.3 is 14.7 Å². The van der Waals surface area contributed by atoms with Crippen LogP contribution in [0.4, 0.5) is 5.00 Å². The Morgan fingerprint density at radius 2 is 2.04 bits per heavy atom. The summed E-state index contributed by atoms with van der Waals surface area (Å²) in [5.74, 6) is 0.549. The van der Waals surface area contributed by atoms with Gasteiger partial charge >= 0.3 is 0 Å². The lowest BCUT2D eigenvalue weighted by molar-refractivity contribution is -0.123. The number of rotatable bonds is 3. The Balaban J connectivity index is 1.86. The van der Waals surface area contributed by atoms with Crippen LogP contribution in [0, 0.1) is 19.3 Å². The Morgan fingerprint density at radius 1 is 1.31 bits per heavy atom. The molecule has 140 valence electrons. The third-order valence-corrected chi connectivity index (χ3v) is 5.45. The first-order valence-electron chi connectivity index (χ1n) is 8.83. The number of anilines is 1. The number of aromatic nitrogens is 1. The molecule has 1 fully saturated rings. The van der Waals surface area contributed by atoms with Gasteiger partial charge in [0.05, 0.1) is 17.3 Å². The van der Waals surface area contributed by atoms with Crippen LogP contribution in [0.1, 0.15) is 66.3 Å². The quantitative estimate of drug-likeness (QED) is 0.867. The molecule has 0 aliphatic carbocycles. The maximum Gasteiger partial charge on any atom is 0.257 e. The van der Waals surface area contributed by atoms with Crippen LogP contribution in [-0.2, 0) is 4.79 Å². The summed E-state index contributed by atoms with van der Waals surface area (Å²) < 4.78 is 5.40. The van der Waals surface area contributed by atoms with E-state index in [1.54, 1.807) is 0 Å². The molecule has 0 saturated carbocycles. The molecule has 26 heavy (non-hydrogen) atoms. The first-order chi connectivity index (χ1) is 12.2. The number of hydrogen-bond acceptors (Lipinski definition) is 5. The summed E-state index contributed by atoms with van der Waals surface area (Å²) >= 11 is 1.43. The number of nitrogens with one attached hydrogen (secondary N) is 1. The van der Waals surface area contributed by atoms with Crippen LogP contribution < -0.4 is 5.32 Å². The molecule has 1 N–H and O–H groups in total. The lowest BCUT2D eigenvalue weighted by Gasteiger charge is -2.23. The second-order valence-corrected chi connectivity index (χ2v) is 9.09. The summed E-state index contributed by atoms with van der Waals surface area (Å²) in [7, 11) is 0. The number of amides is 2. The predicted molar refractivity (Wildman–Crippen MR) is 101 cm³/mol. The van der Waals surface area contributed by atoms with Crippen LogP contribution in [-0.4, -0.2) is 28.4 Å². The molecule has 2 aromatic heterocycles. The molecule has 3 rings (SSSR count). The van der Waals surface area contributed by atoms with Gasteiger partial charge in [0.15, 0.2) is 5.76 Å². The van der Waals surface area contributed by atoms with Crippen molar-refractivity contribution in [2.75, 3.05) is 11.9 Å². The van der Waals surface area contributed by atoms with Crippen molar-refractivity contribution in [2.24, 2.45) is 5.41 Å². The fourth-order valence-electron chi connectivity index (χ4n) is 3.06. The van der Waals surface area contributed by atoms with Crippen molar-refractivity contribution < 1.29 is 14.1 Å². The highest BCUT2D eigenvalue weighted by Crippen LogP contribution is 2.37. The standard InChI is InChI=1S/C19H25N3O3S/c1-11-9-15(25-21-11)14-7-6-8-22(14)17(23)13-10-12(2)26-16(13)20-18(24)19(3,4)5/h9-10,14H,6-8H2,1-5H3,(H,20,24). The van der Waals surface area contributed by atoms with Crippen molar-refractivity contribution in [1.82, 2.24) is 10.1 Å². The molecule has 1 atom stereocenters. The maximum absolute atomic E-state index is 13.2. The molecular formula is C19H25N3O3S. The fourth-order valence-corrected chi connectivity index (χ4v) is 3.96.